The van der Waals surface area contributed by atoms with Crippen LogP contribution in [0.5, 0.6) is 0 Å². The third-order valence-electron chi connectivity index (χ3n) is 5.28. The zero-order chi connectivity index (χ0) is 14.2. The first kappa shape index (κ1) is 13.7. The summed E-state index contributed by atoms with van der Waals surface area (Å²) >= 11 is 0. The van der Waals surface area contributed by atoms with Crippen molar-refractivity contribution in [3.05, 3.63) is 18.0 Å². The normalized spacial score (nSPS) is 31.3. The first-order valence-corrected chi connectivity index (χ1v) is 8.34. The van der Waals surface area contributed by atoms with Gasteiger partial charge >= 0.3 is 0 Å². The van der Waals surface area contributed by atoms with Crippen LogP contribution in [-0.4, -0.2) is 64.5 Å². The van der Waals surface area contributed by atoms with E-state index < -0.39 is 0 Å². The van der Waals surface area contributed by atoms with E-state index >= 15 is 0 Å². The molecule has 0 bridgehead atoms. The molecule has 0 aromatic carbocycles. The molecular weight excluding hydrogens is 264 g/mol. The summed E-state index contributed by atoms with van der Waals surface area (Å²) in [6.07, 6.45) is 6.40. The highest BCUT2D eigenvalue weighted by molar-refractivity contribution is 5.01. The van der Waals surface area contributed by atoms with Gasteiger partial charge < -0.3 is 4.74 Å². The molecule has 5 heteroatoms. The van der Waals surface area contributed by atoms with Gasteiger partial charge in [0, 0.05) is 52.0 Å². The average molecular weight is 290 g/mol. The maximum absolute atomic E-state index is 6.04. The second-order valence-corrected chi connectivity index (χ2v) is 6.88. The Labute approximate surface area is 126 Å². The van der Waals surface area contributed by atoms with Crippen molar-refractivity contribution in [1.82, 2.24) is 19.6 Å². The predicted octanol–water partition coefficient (Wildman–Crippen LogP) is 1.11. The molecule has 1 aromatic heterocycles. The van der Waals surface area contributed by atoms with Crippen molar-refractivity contribution in [3.8, 4) is 0 Å². The van der Waals surface area contributed by atoms with Crippen molar-refractivity contribution < 1.29 is 4.74 Å². The molecule has 1 saturated carbocycles. The third kappa shape index (κ3) is 3.00. The molecule has 3 aliphatic rings. The number of ether oxygens (including phenoxy) is 1. The van der Waals surface area contributed by atoms with Crippen LogP contribution in [-0.2, 0) is 18.3 Å². The fourth-order valence-electron chi connectivity index (χ4n) is 3.80. The zero-order valence-electron chi connectivity index (χ0n) is 12.9. The molecule has 116 valence electrons. The Morgan fingerprint density at radius 1 is 1.29 bits per heavy atom. The van der Waals surface area contributed by atoms with E-state index in [-0.39, 0.29) is 0 Å². The second-order valence-electron chi connectivity index (χ2n) is 6.88. The minimum Gasteiger partial charge on any atom is -0.375 e. The van der Waals surface area contributed by atoms with E-state index in [0.717, 1.165) is 38.7 Å². The number of aryl methyl sites for hydroxylation is 1. The number of morpholine rings is 1. The number of hydrogen-bond acceptors (Lipinski definition) is 4. The van der Waals surface area contributed by atoms with Crippen LogP contribution in [0, 0.1) is 5.92 Å². The van der Waals surface area contributed by atoms with E-state index in [2.05, 4.69) is 21.0 Å². The highest BCUT2D eigenvalue weighted by Gasteiger charge is 2.39. The molecule has 5 nitrogen and oxygen atoms in total. The lowest BCUT2D eigenvalue weighted by Gasteiger charge is -2.47. The molecule has 3 fully saturated rings. The van der Waals surface area contributed by atoms with Crippen LogP contribution in [0.3, 0.4) is 0 Å². The summed E-state index contributed by atoms with van der Waals surface area (Å²) in [6.45, 7) is 6.64. The molecule has 0 unspecified atom stereocenters. The van der Waals surface area contributed by atoms with E-state index in [9.17, 15) is 0 Å². The quantitative estimate of drug-likeness (QED) is 0.832. The number of fused-ring (bicyclic) bond motifs is 1. The SMILES string of the molecule is Cn1nccc1CN1CC[C@@H]2OCCN(CC3CC3)[C@H]2C1. The van der Waals surface area contributed by atoms with Crippen molar-refractivity contribution in [1.29, 1.82) is 0 Å². The van der Waals surface area contributed by atoms with Crippen LogP contribution in [0.25, 0.3) is 0 Å². The number of rotatable bonds is 4. The monoisotopic (exact) mass is 290 g/mol. The summed E-state index contributed by atoms with van der Waals surface area (Å²) < 4.78 is 8.03. The Morgan fingerprint density at radius 3 is 2.95 bits per heavy atom. The summed E-state index contributed by atoms with van der Waals surface area (Å²) in [5.41, 5.74) is 1.30. The Hall–Kier alpha value is -0.910. The molecular formula is C16H26N4O. The third-order valence-corrected chi connectivity index (χ3v) is 5.28. The standard InChI is InChI=1S/C16H26N4O/c1-18-14(4-6-17-18)11-19-7-5-16-15(12-19)20(8-9-21-16)10-13-2-3-13/h4,6,13,15-16H,2-3,5,7-12H2,1H3/t15-,16-/m0/s1. The zero-order valence-corrected chi connectivity index (χ0v) is 12.9. The first-order chi connectivity index (χ1) is 10.3. The number of piperidine rings is 1. The smallest absolute Gasteiger partial charge is 0.0755 e. The van der Waals surface area contributed by atoms with Gasteiger partial charge in [-0.15, -0.1) is 0 Å². The van der Waals surface area contributed by atoms with Gasteiger partial charge in [0.05, 0.1) is 18.4 Å². The van der Waals surface area contributed by atoms with Gasteiger partial charge in [-0.2, -0.15) is 5.10 Å². The Morgan fingerprint density at radius 2 is 2.19 bits per heavy atom. The van der Waals surface area contributed by atoms with Crippen molar-refractivity contribution in [2.45, 2.75) is 38.0 Å². The van der Waals surface area contributed by atoms with Gasteiger partial charge in [0.15, 0.2) is 0 Å². The van der Waals surface area contributed by atoms with Crippen molar-refractivity contribution in [2.24, 2.45) is 13.0 Å². The van der Waals surface area contributed by atoms with Gasteiger partial charge in [0.1, 0.15) is 0 Å². The molecule has 0 spiro atoms. The molecule has 21 heavy (non-hydrogen) atoms. The molecule has 0 N–H and O–H groups in total. The number of nitrogens with zero attached hydrogens (tertiary/aromatic N) is 4. The molecule has 2 atom stereocenters. The fourth-order valence-corrected chi connectivity index (χ4v) is 3.80. The van der Waals surface area contributed by atoms with E-state index in [1.54, 1.807) is 0 Å². The molecule has 4 rings (SSSR count). The first-order valence-electron chi connectivity index (χ1n) is 8.34. The van der Waals surface area contributed by atoms with Crippen LogP contribution in [0.2, 0.25) is 0 Å². The lowest BCUT2D eigenvalue weighted by molar-refractivity contribution is -0.105. The lowest BCUT2D eigenvalue weighted by Crippen LogP contribution is -2.60. The van der Waals surface area contributed by atoms with Crippen LogP contribution in [0.4, 0.5) is 0 Å². The number of hydrogen-bond donors (Lipinski definition) is 0. The summed E-state index contributed by atoms with van der Waals surface area (Å²) in [5, 5.41) is 4.28. The molecule has 2 saturated heterocycles. The lowest BCUT2D eigenvalue weighted by atomic mass is 9.98. The minimum atomic E-state index is 0.459. The Bertz CT molecular complexity index is 484. The van der Waals surface area contributed by atoms with Gasteiger partial charge in [0.25, 0.3) is 0 Å². The second kappa shape index (κ2) is 5.71. The summed E-state index contributed by atoms with van der Waals surface area (Å²) in [4.78, 5) is 5.29. The topological polar surface area (TPSA) is 33.5 Å². The Balaban J connectivity index is 1.41. The average Bonchev–Trinajstić information content (AvgIpc) is 3.22. The molecule has 0 radical (unpaired) electrons. The van der Waals surface area contributed by atoms with E-state index in [4.69, 9.17) is 4.74 Å². The molecule has 3 heterocycles. The maximum Gasteiger partial charge on any atom is 0.0755 e. The summed E-state index contributed by atoms with van der Waals surface area (Å²) in [7, 11) is 2.03. The van der Waals surface area contributed by atoms with Crippen LogP contribution >= 0.6 is 0 Å². The highest BCUT2D eigenvalue weighted by atomic mass is 16.5. The molecule has 1 aliphatic carbocycles. The van der Waals surface area contributed by atoms with Crippen molar-refractivity contribution in [3.63, 3.8) is 0 Å². The van der Waals surface area contributed by atoms with Crippen LogP contribution < -0.4 is 0 Å². The number of likely N-dealkylation sites (tertiary alicyclic amines) is 1. The van der Waals surface area contributed by atoms with Crippen LogP contribution in [0.15, 0.2) is 12.3 Å². The predicted molar refractivity (Wildman–Crippen MR) is 80.9 cm³/mol. The van der Waals surface area contributed by atoms with E-state index in [0.29, 0.717) is 12.1 Å². The number of aromatic nitrogens is 2. The molecule has 0 amide bonds. The molecule has 2 aliphatic heterocycles. The molecule has 1 aromatic rings. The van der Waals surface area contributed by atoms with Gasteiger partial charge in [-0.05, 0) is 31.2 Å². The maximum atomic E-state index is 6.04. The van der Waals surface area contributed by atoms with Gasteiger partial charge in [-0.25, -0.2) is 0 Å². The van der Waals surface area contributed by atoms with Gasteiger partial charge in [0.2, 0.25) is 0 Å². The van der Waals surface area contributed by atoms with Crippen molar-refractivity contribution in [2.75, 3.05) is 32.8 Å². The van der Waals surface area contributed by atoms with E-state index in [1.165, 1.54) is 31.5 Å². The van der Waals surface area contributed by atoms with Gasteiger partial charge in [-0.3, -0.25) is 14.5 Å². The van der Waals surface area contributed by atoms with Gasteiger partial charge in [-0.1, -0.05) is 0 Å². The van der Waals surface area contributed by atoms with E-state index in [1.807, 2.05) is 17.9 Å². The fraction of sp³-hybridized carbons (Fsp3) is 0.812. The summed E-state index contributed by atoms with van der Waals surface area (Å²) in [6, 6.07) is 2.73. The van der Waals surface area contributed by atoms with Crippen LogP contribution in [0.1, 0.15) is 25.0 Å². The largest absolute Gasteiger partial charge is 0.375 e. The highest BCUT2D eigenvalue weighted by Crippen LogP contribution is 2.33. The minimum absolute atomic E-state index is 0.459. The Kier molecular flexibility index (Phi) is 3.73. The summed E-state index contributed by atoms with van der Waals surface area (Å²) in [5.74, 6) is 0.969. The van der Waals surface area contributed by atoms with Crippen molar-refractivity contribution >= 4 is 0 Å².